The molecule has 0 bridgehead atoms. The molecule has 0 atom stereocenters. The molecule has 184 valence electrons. The first-order valence-electron chi connectivity index (χ1n) is 11.6. The highest BCUT2D eigenvalue weighted by molar-refractivity contribution is 5.45. The number of hydrogen-bond donors (Lipinski definition) is 0. The van der Waals surface area contributed by atoms with Crippen LogP contribution in [-0.2, 0) is 12.6 Å². The van der Waals surface area contributed by atoms with Crippen molar-refractivity contribution in [1.29, 1.82) is 0 Å². The number of nitro benzene ring substituents is 1. The minimum Gasteiger partial charge on any atom is -0.474 e. The molecule has 10 heteroatoms. The fourth-order valence-electron chi connectivity index (χ4n) is 4.74. The Bertz CT molecular complexity index is 1000. The summed E-state index contributed by atoms with van der Waals surface area (Å²) < 4.78 is 45.9. The summed E-state index contributed by atoms with van der Waals surface area (Å²) in [6, 6.07) is 9.13. The molecule has 0 N–H and O–H groups in total. The monoisotopic (exact) mass is 478 g/mol. The minimum atomic E-state index is -4.75. The van der Waals surface area contributed by atoms with Gasteiger partial charge >= 0.3 is 6.18 Å². The number of halogens is 3. The number of likely N-dealkylation sites (N-methyl/N-ethyl adjacent to an activating group) is 1. The van der Waals surface area contributed by atoms with Crippen LogP contribution in [0.25, 0.3) is 0 Å². The highest BCUT2D eigenvalue weighted by atomic mass is 19.4. The summed E-state index contributed by atoms with van der Waals surface area (Å²) in [5.41, 5.74) is -1.61. The summed E-state index contributed by atoms with van der Waals surface area (Å²) in [6.45, 7) is 3.85. The van der Waals surface area contributed by atoms with Gasteiger partial charge in [0, 0.05) is 38.3 Å². The normalized spacial score (nSPS) is 21.9. The molecule has 1 aliphatic heterocycles. The van der Waals surface area contributed by atoms with Crippen LogP contribution in [0.4, 0.5) is 24.7 Å². The highest BCUT2D eigenvalue weighted by Gasteiger charge is 2.38. The number of benzene rings is 1. The van der Waals surface area contributed by atoms with Crippen molar-refractivity contribution in [3.8, 4) is 5.88 Å². The fraction of sp³-hybridized carbons (Fsp3) is 0.542. The molecule has 0 unspecified atom stereocenters. The van der Waals surface area contributed by atoms with Crippen LogP contribution in [0.5, 0.6) is 5.88 Å². The van der Waals surface area contributed by atoms with E-state index in [2.05, 4.69) is 21.8 Å². The minimum absolute atomic E-state index is 0.0223. The van der Waals surface area contributed by atoms with Gasteiger partial charge in [-0.15, -0.1) is 0 Å². The standard InChI is InChI=1S/C24H29F3N4O3/c1-29-11-13-30(14-12-29)22-3-2-4-23(28-22)34-19-8-5-17(6-9-19)15-18-7-10-21(31(32)33)20(16-18)24(25,26)27/h2-4,7,10,16-17,19H,5-6,8-9,11-15H2,1H3. The van der Waals surface area contributed by atoms with Crippen LogP contribution in [-0.4, -0.2) is 54.1 Å². The second-order valence-electron chi connectivity index (χ2n) is 9.20. The molecule has 1 saturated heterocycles. The molecule has 0 spiro atoms. The second kappa shape index (κ2) is 10.2. The van der Waals surface area contributed by atoms with Gasteiger partial charge < -0.3 is 14.5 Å². The summed E-state index contributed by atoms with van der Waals surface area (Å²) >= 11 is 0. The largest absolute Gasteiger partial charge is 0.474 e. The van der Waals surface area contributed by atoms with E-state index in [-0.39, 0.29) is 12.0 Å². The molecular formula is C24H29F3N4O3. The predicted octanol–water partition coefficient (Wildman–Crippen LogP) is 4.94. The number of rotatable bonds is 6. The summed E-state index contributed by atoms with van der Waals surface area (Å²) in [4.78, 5) is 19.2. The SMILES string of the molecule is CN1CCN(c2cccc(OC3CCC(Cc4ccc([N+](=O)[O-])c(C(F)(F)F)c4)CC3)n2)CC1. The van der Waals surface area contributed by atoms with Crippen molar-refractivity contribution >= 4 is 11.5 Å². The Labute approximate surface area is 196 Å². The van der Waals surface area contributed by atoms with E-state index in [1.165, 1.54) is 6.07 Å². The maximum atomic E-state index is 13.3. The van der Waals surface area contributed by atoms with Crippen molar-refractivity contribution < 1.29 is 22.8 Å². The van der Waals surface area contributed by atoms with Crippen LogP contribution in [0, 0.1) is 16.0 Å². The maximum absolute atomic E-state index is 13.3. The van der Waals surface area contributed by atoms with Crippen molar-refractivity contribution in [2.75, 3.05) is 38.1 Å². The third-order valence-corrected chi connectivity index (χ3v) is 6.70. The van der Waals surface area contributed by atoms with Crippen LogP contribution in [0.3, 0.4) is 0 Å². The van der Waals surface area contributed by atoms with Crippen molar-refractivity contribution in [2.24, 2.45) is 5.92 Å². The van der Waals surface area contributed by atoms with Gasteiger partial charge in [0.25, 0.3) is 5.69 Å². The molecule has 4 rings (SSSR count). The number of nitrogens with zero attached hydrogens (tertiary/aromatic N) is 4. The van der Waals surface area contributed by atoms with E-state index in [4.69, 9.17) is 4.74 Å². The first kappa shape index (κ1) is 24.3. The fourth-order valence-corrected chi connectivity index (χ4v) is 4.74. The lowest BCUT2D eigenvalue weighted by molar-refractivity contribution is -0.388. The molecule has 0 radical (unpaired) electrons. The van der Waals surface area contributed by atoms with Crippen molar-refractivity contribution in [3.63, 3.8) is 0 Å². The number of ether oxygens (including phenoxy) is 1. The van der Waals surface area contributed by atoms with Gasteiger partial charge in [0.1, 0.15) is 17.5 Å². The van der Waals surface area contributed by atoms with E-state index >= 15 is 0 Å². The third kappa shape index (κ3) is 5.97. The number of alkyl halides is 3. The molecule has 0 amide bonds. The van der Waals surface area contributed by atoms with Gasteiger partial charge in [0.15, 0.2) is 0 Å². The quantitative estimate of drug-likeness (QED) is 0.433. The van der Waals surface area contributed by atoms with Gasteiger partial charge in [-0.2, -0.15) is 18.2 Å². The van der Waals surface area contributed by atoms with Gasteiger partial charge in [0.05, 0.1) is 4.92 Å². The number of pyridine rings is 1. The van der Waals surface area contributed by atoms with Crippen LogP contribution in [0.1, 0.15) is 36.8 Å². The third-order valence-electron chi connectivity index (χ3n) is 6.70. The molecule has 2 heterocycles. The Morgan fingerprint density at radius 2 is 1.79 bits per heavy atom. The first-order chi connectivity index (χ1) is 16.2. The zero-order chi connectivity index (χ0) is 24.3. The van der Waals surface area contributed by atoms with Crippen molar-refractivity contribution in [3.05, 3.63) is 57.6 Å². The molecule has 7 nitrogen and oxygen atoms in total. The van der Waals surface area contributed by atoms with E-state index in [0.29, 0.717) is 17.9 Å². The molecule has 2 aromatic rings. The second-order valence-corrected chi connectivity index (χ2v) is 9.20. The molecule has 2 aliphatic rings. The van der Waals surface area contributed by atoms with Gasteiger partial charge in [0.2, 0.25) is 5.88 Å². The summed E-state index contributed by atoms with van der Waals surface area (Å²) in [6.07, 6.45) is -1.04. The van der Waals surface area contributed by atoms with Crippen LogP contribution < -0.4 is 9.64 Å². The number of anilines is 1. The van der Waals surface area contributed by atoms with Gasteiger partial charge in [-0.25, -0.2) is 0 Å². The number of hydrogen-bond acceptors (Lipinski definition) is 6. The Morgan fingerprint density at radius 3 is 2.44 bits per heavy atom. The lowest BCUT2D eigenvalue weighted by atomic mass is 9.83. The highest BCUT2D eigenvalue weighted by Crippen LogP contribution is 2.38. The lowest BCUT2D eigenvalue weighted by Gasteiger charge is -2.33. The topological polar surface area (TPSA) is 71.7 Å². The van der Waals surface area contributed by atoms with Crippen LogP contribution >= 0.6 is 0 Å². The van der Waals surface area contributed by atoms with E-state index in [1.807, 2.05) is 18.2 Å². The Morgan fingerprint density at radius 1 is 1.09 bits per heavy atom. The van der Waals surface area contributed by atoms with Gasteiger partial charge in [-0.1, -0.05) is 12.1 Å². The zero-order valence-corrected chi connectivity index (χ0v) is 19.1. The van der Waals surface area contributed by atoms with E-state index in [9.17, 15) is 23.3 Å². The number of piperazine rings is 1. The number of aromatic nitrogens is 1. The molecule has 1 aromatic heterocycles. The number of nitro groups is 1. The average Bonchev–Trinajstić information content (AvgIpc) is 2.80. The summed E-state index contributed by atoms with van der Waals surface area (Å²) in [5.74, 6) is 1.73. The van der Waals surface area contributed by atoms with Gasteiger partial charge in [-0.05, 0) is 62.8 Å². The van der Waals surface area contributed by atoms with E-state index in [1.54, 1.807) is 0 Å². The van der Waals surface area contributed by atoms with Crippen LogP contribution in [0.2, 0.25) is 0 Å². The van der Waals surface area contributed by atoms with E-state index < -0.39 is 22.4 Å². The molecular weight excluding hydrogens is 449 g/mol. The van der Waals surface area contributed by atoms with Crippen molar-refractivity contribution in [2.45, 2.75) is 44.4 Å². The Balaban J connectivity index is 1.32. The molecule has 34 heavy (non-hydrogen) atoms. The maximum Gasteiger partial charge on any atom is 0.423 e. The summed E-state index contributed by atoms with van der Waals surface area (Å²) in [7, 11) is 2.11. The van der Waals surface area contributed by atoms with Crippen LogP contribution in [0.15, 0.2) is 36.4 Å². The van der Waals surface area contributed by atoms with E-state index in [0.717, 1.165) is 69.8 Å². The predicted molar refractivity (Wildman–Crippen MR) is 122 cm³/mol. The van der Waals surface area contributed by atoms with Crippen molar-refractivity contribution in [1.82, 2.24) is 9.88 Å². The molecule has 1 aromatic carbocycles. The Hall–Kier alpha value is -2.88. The summed E-state index contributed by atoms with van der Waals surface area (Å²) in [5, 5.41) is 11.0. The average molecular weight is 479 g/mol. The Kier molecular flexibility index (Phi) is 7.25. The molecule has 1 saturated carbocycles. The smallest absolute Gasteiger partial charge is 0.423 e. The molecule has 1 aliphatic carbocycles. The van der Waals surface area contributed by atoms with Gasteiger partial charge in [-0.3, -0.25) is 10.1 Å². The molecule has 2 fully saturated rings. The zero-order valence-electron chi connectivity index (χ0n) is 19.1. The first-order valence-corrected chi connectivity index (χ1v) is 11.6. The lowest BCUT2D eigenvalue weighted by Crippen LogP contribution is -2.44.